The number of rotatable bonds is 4. The fourth-order valence-electron chi connectivity index (χ4n) is 2.48. The van der Waals surface area contributed by atoms with Crippen LogP contribution in [0.3, 0.4) is 0 Å². The summed E-state index contributed by atoms with van der Waals surface area (Å²) >= 11 is 0. The quantitative estimate of drug-likeness (QED) is 0.875. The first-order chi connectivity index (χ1) is 10.3. The highest BCUT2D eigenvalue weighted by Crippen LogP contribution is 2.17. The minimum absolute atomic E-state index is 0.0530. The van der Waals surface area contributed by atoms with E-state index in [9.17, 15) is 4.79 Å². The zero-order valence-corrected chi connectivity index (χ0v) is 11.7. The summed E-state index contributed by atoms with van der Waals surface area (Å²) in [6.45, 7) is 2.01. The Morgan fingerprint density at radius 3 is 2.90 bits per heavy atom. The van der Waals surface area contributed by atoms with E-state index in [1.165, 1.54) is 6.33 Å². The number of carbonyl (C=O) groups excluding carboxylic acids is 1. The number of amides is 1. The lowest BCUT2D eigenvalue weighted by Crippen LogP contribution is -2.30. The lowest BCUT2D eigenvalue weighted by Gasteiger charge is -2.21. The van der Waals surface area contributed by atoms with Gasteiger partial charge in [-0.2, -0.15) is 5.10 Å². The number of aromatic nitrogens is 4. The van der Waals surface area contributed by atoms with E-state index < -0.39 is 0 Å². The summed E-state index contributed by atoms with van der Waals surface area (Å²) in [5, 5.41) is 10.2. The second-order valence-electron chi connectivity index (χ2n) is 5.19. The maximum Gasteiger partial charge on any atom is 0.224 e. The molecule has 0 spiro atoms. The Morgan fingerprint density at radius 2 is 2.24 bits per heavy atom. The molecule has 3 rings (SSSR count). The van der Waals surface area contributed by atoms with Crippen molar-refractivity contribution in [2.45, 2.75) is 19.3 Å². The van der Waals surface area contributed by atoms with Crippen molar-refractivity contribution in [1.82, 2.24) is 25.1 Å². The monoisotopic (exact) mass is 286 g/mol. The third-order valence-corrected chi connectivity index (χ3v) is 3.62. The number of anilines is 1. The van der Waals surface area contributed by atoms with Gasteiger partial charge in [0, 0.05) is 6.42 Å². The van der Waals surface area contributed by atoms with Crippen LogP contribution in [-0.2, 0) is 4.79 Å². The topological polar surface area (TPSA) is 84.7 Å². The Morgan fingerprint density at radius 1 is 1.38 bits per heavy atom. The van der Waals surface area contributed by atoms with Crippen LogP contribution in [-0.4, -0.2) is 38.7 Å². The van der Waals surface area contributed by atoms with Gasteiger partial charge in [0.05, 0.1) is 11.9 Å². The minimum atomic E-state index is 0.0530. The van der Waals surface area contributed by atoms with E-state index in [1.54, 1.807) is 23.3 Å². The summed E-state index contributed by atoms with van der Waals surface area (Å²) in [4.78, 5) is 20.1. The Labute approximate surface area is 122 Å². The highest BCUT2D eigenvalue weighted by Gasteiger charge is 2.16. The summed E-state index contributed by atoms with van der Waals surface area (Å²) < 4.78 is 1.57. The first kappa shape index (κ1) is 13.7. The molecular formula is C14H18N6O. The van der Waals surface area contributed by atoms with Crippen LogP contribution in [0.25, 0.3) is 5.82 Å². The number of pyridine rings is 1. The normalized spacial score (nSPS) is 15.8. The summed E-state index contributed by atoms with van der Waals surface area (Å²) in [6.07, 6.45) is 7.38. The largest absolute Gasteiger partial charge is 0.325 e. The maximum atomic E-state index is 12.0. The predicted molar refractivity (Wildman–Crippen MR) is 78.0 cm³/mol. The molecule has 7 nitrogen and oxygen atoms in total. The van der Waals surface area contributed by atoms with Gasteiger partial charge in [-0.1, -0.05) is 0 Å². The van der Waals surface area contributed by atoms with Crippen molar-refractivity contribution in [2.75, 3.05) is 18.4 Å². The molecule has 0 unspecified atom stereocenters. The van der Waals surface area contributed by atoms with Gasteiger partial charge in [-0.15, -0.1) is 0 Å². The average molecular weight is 286 g/mol. The van der Waals surface area contributed by atoms with Gasteiger partial charge in [0.25, 0.3) is 0 Å². The third-order valence-electron chi connectivity index (χ3n) is 3.62. The molecule has 2 aromatic rings. The fourth-order valence-corrected chi connectivity index (χ4v) is 2.48. The average Bonchev–Trinajstić information content (AvgIpc) is 3.03. The van der Waals surface area contributed by atoms with Gasteiger partial charge in [-0.3, -0.25) is 4.79 Å². The number of hydrogen-bond acceptors (Lipinski definition) is 5. The molecule has 0 aliphatic carbocycles. The second-order valence-corrected chi connectivity index (χ2v) is 5.19. The van der Waals surface area contributed by atoms with Crippen molar-refractivity contribution in [3.63, 3.8) is 0 Å². The van der Waals surface area contributed by atoms with Crippen molar-refractivity contribution < 1.29 is 4.79 Å². The molecule has 1 aliphatic heterocycles. The molecule has 2 aromatic heterocycles. The summed E-state index contributed by atoms with van der Waals surface area (Å²) in [5.74, 6) is 1.20. The standard InChI is InChI=1S/C14H18N6O/c21-14(7-11-3-5-15-6-4-11)19-12-1-2-13(17-8-12)20-10-16-9-18-20/h1-2,8-11,15H,3-7H2,(H,19,21). The van der Waals surface area contributed by atoms with Gasteiger partial charge in [-0.25, -0.2) is 14.6 Å². The summed E-state index contributed by atoms with van der Waals surface area (Å²) in [5.41, 5.74) is 0.706. The van der Waals surface area contributed by atoms with Gasteiger partial charge in [-0.05, 0) is 44.0 Å². The summed E-state index contributed by atoms with van der Waals surface area (Å²) in [6, 6.07) is 3.62. The molecule has 3 heterocycles. The number of piperidine rings is 1. The second kappa shape index (κ2) is 6.45. The molecule has 1 saturated heterocycles. The van der Waals surface area contributed by atoms with E-state index in [0.29, 0.717) is 23.8 Å². The number of nitrogens with zero attached hydrogens (tertiary/aromatic N) is 4. The smallest absolute Gasteiger partial charge is 0.224 e. The molecule has 1 amide bonds. The van der Waals surface area contributed by atoms with E-state index in [0.717, 1.165) is 25.9 Å². The predicted octanol–water partition coefficient (Wildman–Crippen LogP) is 0.990. The number of hydrogen-bond donors (Lipinski definition) is 2. The highest BCUT2D eigenvalue weighted by molar-refractivity contribution is 5.90. The van der Waals surface area contributed by atoms with Crippen molar-refractivity contribution in [2.24, 2.45) is 5.92 Å². The fraction of sp³-hybridized carbons (Fsp3) is 0.429. The maximum absolute atomic E-state index is 12.0. The van der Waals surface area contributed by atoms with Crippen LogP contribution >= 0.6 is 0 Å². The van der Waals surface area contributed by atoms with Gasteiger partial charge in [0.15, 0.2) is 5.82 Å². The van der Waals surface area contributed by atoms with Crippen LogP contribution in [0.5, 0.6) is 0 Å². The minimum Gasteiger partial charge on any atom is -0.325 e. The lowest BCUT2D eigenvalue weighted by molar-refractivity contribution is -0.117. The zero-order chi connectivity index (χ0) is 14.5. The van der Waals surface area contributed by atoms with Crippen LogP contribution in [0.1, 0.15) is 19.3 Å². The van der Waals surface area contributed by atoms with E-state index in [2.05, 4.69) is 25.7 Å². The van der Waals surface area contributed by atoms with Gasteiger partial charge in [0.2, 0.25) is 5.91 Å². The molecule has 21 heavy (non-hydrogen) atoms. The van der Waals surface area contributed by atoms with Gasteiger partial charge in [0.1, 0.15) is 12.7 Å². The number of nitrogens with one attached hydrogen (secondary N) is 2. The first-order valence-electron chi connectivity index (χ1n) is 7.13. The Kier molecular flexibility index (Phi) is 4.20. The van der Waals surface area contributed by atoms with Crippen LogP contribution in [0, 0.1) is 5.92 Å². The molecule has 2 N–H and O–H groups in total. The van der Waals surface area contributed by atoms with Crippen LogP contribution in [0.15, 0.2) is 31.0 Å². The molecule has 0 atom stereocenters. The van der Waals surface area contributed by atoms with Crippen LogP contribution in [0.2, 0.25) is 0 Å². The Balaban J connectivity index is 1.56. The van der Waals surface area contributed by atoms with Crippen molar-refractivity contribution >= 4 is 11.6 Å². The Bertz CT molecular complexity index is 574. The molecule has 110 valence electrons. The third kappa shape index (κ3) is 3.63. The molecule has 0 aromatic carbocycles. The van der Waals surface area contributed by atoms with Crippen LogP contribution in [0.4, 0.5) is 5.69 Å². The molecule has 0 saturated carbocycles. The van der Waals surface area contributed by atoms with E-state index >= 15 is 0 Å². The van der Waals surface area contributed by atoms with Crippen molar-refractivity contribution in [1.29, 1.82) is 0 Å². The SMILES string of the molecule is O=C(CC1CCNCC1)Nc1ccc(-n2cncn2)nc1. The zero-order valence-electron chi connectivity index (χ0n) is 11.7. The van der Waals surface area contributed by atoms with Crippen molar-refractivity contribution in [3.8, 4) is 5.82 Å². The van der Waals surface area contributed by atoms with Gasteiger partial charge >= 0.3 is 0 Å². The lowest BCUT2D eigenvalue weighted by atomic mass is 9.94. The Hall–Kier alpha value is -2.28. The molecule has 1 fully saturated rings. The molecular weight excluding hydrogens is 268 g/mol. The molecule has 0 bridgehead atoms. The van der Waals surface area contributed by atoms with E-state index in [-0.39, 0.29) is 5.91 Å². The summed E-state index contributed by atoms with van der Waals surface area (Å²) in [7, 11) is 0. The number of carbonyl (C=O) groups is 1. The van der Waals surface area contributed by atoms with Crippen LogP contribution < -0.4 is 10.6 Å². The molecule has 7 heteroatoms. The van der Waals surface area contributed by atoms with Gasteiger partial charge < -0.3 is 10.6 Å². The first-order valence-corrected chi connectivity index (χ1v) is 7.13. The van der Waals surface area contributed by atoms with Crippen molar-refractivity contribution in [3.05, 3.63) is 31.0 Å². The molecule has 0 radical (unpaired) electrons. The molecule has 1 aliphatic rings. The highest BCUT2D eigenvalue weighted by atomic mass is 16.1. The van der Waals surface area contributed by atoms with E-state index in [4.69, 9.17) is 0 Å². The van der Waals surface area contributed by atoms with E-state index in [1.807, 2.05) is 6.07 Å².